The van der Waals surface area contributed by atoms with Crippen LogP contribution in [0.4, 0.5) is 11.6 Å². The van der Waals surface area contributed by atoms with E-state index in [1.54, 1.807) is 6.33 Å². The van der Waals surface area contributed by atoms with Crippen molar-refractivity contribution in [1.82, 2.24) is 9.97 Å². The number of anilines is 2. The second-order valence-electron chi connectivity index (χ2n) is 5.08. The standard InChI is InChI=1S/C13H21BrN4O/c1-2-7-15-11-10(14)12(17-9-16-11)18-13(8-19)5-3-4-6-13/h9,19H,2-8H2,1H3,(H2,15,16,17,18). The van der Waals surface area contributed by atoms with Crippen LogP contribution in [-0.2, 0) is 0 Å². The van der Waals surface area contributed by atoms with E-state index < -0.39 is 0 Å². The van der Waals surface area contributed by atoms with E-state index in [4.69, 9.17) is 0 Å². The minimum absolute atomic E-state index is 0.140. The van der Waals surface area contributed by atoms with E-state index in [-0.39, 0.29) is 12.1 Å². The average molecular weight is 329 g/mol. The fourth-order valence-corrected chi connectivity index (χ4v) is 2.89. The predicted molar refractivity (Wildman–Crippen MR) is 80.4 cm³/mol. The molecule has 3 N–H and O–H groups in total. The van der Waals surface area contributed by atoms with Crippen LogP contribution >= 0.6 is 15.9 Å². The highest BCUT2D eigenvalue weighted by atomic mass is 79.9. The molecule has 19 heavy (non-hydrogen) atoms. The molecule has 2 rings (SSSR count). The molecule has 106 valence electrons. The van der Waals surface area contributed by atoms with Gasteiger partial charge in [-0.25, -0.2) is 9.97 Å². The summed E-state index contributed by atoms with van der Waals surface area (Å²) in [6.45, 7) is 3.13. The van der Waals surface area contributed by atoms with Crippen molar-refractivity contribution in [3.8, 4) is 0 Å². The summed E-state index contributed by atoms with van der Waals surface area (Å²) in [6.07, 6.45) is 6.86. The maximum atomic E-state index is 9.64. The van der Waals surface area contributed by atoms with Gasteiger partial charge in [0.1, 0.15) is 22.4 Å². The summed E-state index contributed by atoms with van der Waals surface area (Å²) in [5.41, 5.74) is -0.223. The summed E-state index contributed by atoms with van der Waals surface area (Å²) in [5.74, 6) is 1.55. The summed E-state index contributed by atoms with van der Waals surface area (Å²) in [6, 6.07) is 0. The third-order valence-electron chi connectivity index (χ3n) is 3.58. The Kier molecular flexibility index (Phi) is 4.99. The highest BCUT2D eigenvalue weighted by Gasteiger charge is 2.34. The Morgan fingerprint density at radius 2 is 2.00 bits per heavy atom. The van der Waals surface area contributed by atoms with Crippen LogP contribution in [0.2, 0.25) is 0 Å². The van der Waals surface area contributed by atoms with Gasteiger partial charge in [-0.2, -0.15) is 0 Å². The molecule has 1 saturated carbocycles. The van der Waals surface area contributed by atoms with Gasteiger partial charge in [0.2, 0.25) is 0 Å². The van der Waals surface area contributed by atoms with Crippen molar-refractivity contribution in [1.29, 1.82) is 0 Å². The summed E-state index contributed by atoms with van der Waals surface area (Å²) < 4.78 is 0.836. The first-order chi connectivity index (χ1) is 9.21. The van der Waals surface area contributed by atoms with Crippen LogP contribution in [0.3, 0.4) is 0 Å². The molecule has 0 unspecified atom stereocenters. The predicted octanol–water partition coefficient (Wildman–Crippen LogP) is 2.78. The minimum Gasteiger partial charge on any atom is -0.394 e. The van der Waals surface area contributed by atoms with Gasteiger partial charge in [-0.15, -0.1) is 0 Å². The van der Waals surface area contributed by atoms with Gasteiger partial charge >= 0.3 is 0 Å². The number of aliphatic hydroxyl groups is 1. The maximum Gasteiger partial charge on any atom is 0.146 e. The van der Waals surface area contributed by atoms with E-state index in [0.29, 0.717) is 0 Å². The number of nitrogens with one attached hydrogen (secondary N) is 2. The normalized spacial score (nSPS) is 17.4. The van der Waals surface area contributed by atoms with Gasteiger partial charge < -0.3 is 15.7 Å². The van der Waals surface area contributed by atoms with Gasteiger partial charge in [-0.1, -0.05) is 19.8 Å². The summed E-state index contributed by atoms with van der Waals surface area (Å²) in [5, 5.41) is 16.3. The molecule has 1 aliphatic rings. The van der Waals surface area contributed by atoms with Crippen LogP contribution in [0.25, 0.3) is 0 Å². The summed E-state index contributed by atoms with van der Waals surface area (Å²) in [4.78, 5) is 8.51. The summed E-state index contributed by atoms with van der Waals surface area (Å²) >= 11 is 3.54. The Balaban J connectivity index is 2.15. The first kappa shape index (κ1) is 14.5. The molecule has 0 spiro atoms. The van der Waals surface area contributed by atoms with Crippen molar-refractivity contribution in [2.45, 2.75) is 44.6 Å². The van der Waals surface area contributed by atoms with Crippen LogP contribution in [0.1, 0.15) is 39.0 Å². The van der Waals surface area contributed by atoms with Gasteiger partial charge in [-0.05, 0) is 35.2 Å². The fourth-order valence-electron chi connectivity index (χ4n) is 2.45. The Labute approximate surface area is 122 Å². The van der Waals surface area contributed by atoms with Crippen LogP contribution in [0.15, 0.2) is 10.8 Å². The molecule has 5 nitrogen and oxygen atoms in total. The zero-order valence-corrected chi connectivity index (χ0v) is 12.8. The second-order valence-corrected chi connectivity index (χ2v) is 5.88. The largest absolute Gasteiger partial charge is 0.394 e. The van der Waals surface area contributed by atoms with Gasteiger partial charge in [-0.3, -0.25) is 0 Å². The number of aliphatic hydroxyl groups excluding tert-OH is 1. The Morgan fingerprint density at radius 3 is 2.63 bits per heavy atom. The SMILES string of the molecule is CCCNc1ncnc(NC2(CO)CCCC2)c1Br. The van der Waals surface area contributed by atoms with Crippen LogP contribution in [0.5, 0.6) is 0 Å². The molecule has 0 aliphatic heterocycles. The second kappa shape index (κ2) is 6.52. The van der Waals surface area contributed by atoms with E-state index >= 15 is 0 Å². The number of halogens is 1. The molecule has 1 heterocycles. The van der Waals surface area contributed by atoms with Crippen LogP contribution < -0.4 is 10.6 Å². The Bertz CT molecular complexity index is 421. The number of rotatable bonds is 6. The van der Waals surface area contributed by atoms with Crippen molar-refractivity contribution < 1.29 is 5.11 Å². The first-order valence-corrected chi connectivity index (χ1v) is 7.63. The molecule has 0 amide bonds. The molecule has 0 saturated heterocycles. The van der Waals surface area contributed by atoms with E-state index in [9.17, 15) is 5.11 Å². The minimum atomic E-state index is -0.223. The van der Waals surface area contributed by atoms with Crippen LogP contribution in [-0.4, -0.2) is 33.8 Å². The van der Waals surface area contributed by atoms with Crippen molar-refractivity contribution in [3.63, 3.8) is 0 Å². The van der Waals surface area contributed by atoms with Crippen LogP contribution in [0, 0.1) is 0 Å². The van der Waals surface area contributed by atoms with Gasteiger partial charge in [0.05, 0.1) is 12.1 Å². The Morgan fingerprint density at radius 1 is 1.32 bits per heavy atom. The van der Waals surface area contributed by atoms with E-state index in [1.807, 2.05) is 0 Å². The zero-order chi connectivity index (χ0) is 13.7. The van der Waals surface area contributed by atoms with Crippen molar-refractivity contribution in [3.05, 3.63) is 10.8 Å². The van der Waals surface area contributed by atoms with Crippen molar-refractivity contribution in [2.75, 3.05) is 23.8 Å². The third-order valence-corrected chi connectivity index (χ3v) is 4.33. The number of hydrogen-bond acceptors (Lipinski definition) is 5. The average Bonchev–Trinajstić information content (AvgIpc) is 2.89. The lowest BCUT2D eigenvalue weighted by atomic mass is 9.99. The maximum absolute atomic E-state index is 9.64. The van der Waals surface area contributed by atoms with Crippen molar-refractivity contribution in [2.24, 2.45) is 0 Å². The number of aromatic nitrogens is 2. The molecule has 0 bridgehead atoms. The molecule has 1 fully saturated rings. The molecule has 1 aromatic heterocycles. The molecule has 0 aromatic carbocycles. The lowest BCUT2D eigenvalue weighted by Crippen LogP contribution is -2.39. The molecule has 6 heteroatoms. The molecular weight excluding hydrogens is 308 g/mol. The third kappa shape index (κ3) is 3.36. The topological polar surface area (TPSA) is 70.1 Å². The smallest absolute Gasteiger partial charge is 0.146 e. The monoisotopic (exact) mass is 328 g/mol. The molecular formula is C13H21BrN4O. The van der Waals surface area contributed by atoms with Crippen molar-refractivity contribution >= 4 is 27.6 Å². The fraction of sp³-hybridized carbons (Fsp3) is 0.692. The summed E-state index contributed by atoms with van der Waals surface area (Å²) in [7, 11) is 0. The zero-order valence-electron chi connectivity index (χ0n) is 11.2. The first-order valence-electron chi connectivity index (χ1n) is 6.84. The van der Waals surface area contributed by atoms with Gasteiger partial charge in [0.25, 0.3) is 0 Å². The quantitative estimate of drug-likeness (QED) is 0.749. The van der Waals surface area contributed by atoms with E-state index in [1.165, 1.54) is 0 Å². The highest BCUT2D eigenvalue weighted by molar-refractivity contribution is 9.10. The molecule has 1 aliphatic carbocycles. The van der Waals surface area contributed by atoms with E-state index in [2.05, 4.69) is 43.5 Å². The van der Waals surface area contributed by atoms with E-state index in [0.717, 1.165) is 54.8 Å². The van der Waals surface area contributed by atoms with Gasteiger partial charge in [0.15, 0.2) is 0 Å². The Hall–Kier alpha value is -0.880. The highest BCUT2D eigenvalue weighted by Crippen LogP contribution is 2.35. The molecule has 0 atom stereocenters. The lowest BCUT2D eigenvalue weighted by molar-refractivity contribution is 0.213. The lowest BCUT2D eigenvalue weighted by Gasteiger charge is -2.29. The molecule has 1 aromatic rings. The number of hydrogen-bond donors (Lipinski definition) is 3. The number of nitrogens with zero attached hydrogens (tertiary/aromatic N) is 2. The molecule has 0 radical (unpaired) electrons. The van der Waals surface area contributed by atoms with Gasteiger partial charge in [0, 0.05) is 6.54 Å².